The highest BCUT2D eigenvalue weighted by Gasteiger charge is 2.54. The average Bonchev–Trinajstić information content (AvgIpc) is 2.97. The van der Waals surface area contributed by atoms with Crippen LogP contribution in [0.5, 0.6) is 0 Å². The normalized spacial score (nSPS) is 15.3. The van der Waals surface area contributed by atoms with Crippen molar-refractivity contribution in [2.75, 3.05) is 5.32 Å². The molecule has 15 heteroatoms. The van der Waals surface area contributed by atoms with E-state index >= 15 is 0 Å². The second-order valence-corrected chi connectivity index (χ2v) is 12.9. The minimum atomic E-state index is -3.77. The Kier molecular flexibility index (Phi) is 15.9. The maximum atomic E-state index is 13.4. The number of para-hydroxylation sites is 1. The molecule has 0 heterocycles. The van der Waals surface area contributed by atoms with Gasteiger partial charge in [0.2, 0.25) is 23.5 Å². The fourth-order valence-electron chi connectivity index (χ4n) is 4.68. The predicted molar refractivity (Wildman–Crippen MR) is 173 cm³/mol. The molecule has 1 unspecified atom stereocenters. The molecule has 0 aliphatic heterocycles. The van der Waals surface area contributed by atoms with E-state index in [2.05, 4.69) is 21.3 Å². The van der Waals surface area contributed by atoms with Crippen LogP contribution < -0.4 is 27.0 Å². The Morgan fingerprint density at radius 1 is 0.851 bits per heavy atom. The molecule has 4 amide bonds. The Balaban J connectivity index is 3.06. The minimum Gasteiger partial charge on any atom is -0.481 e. The number of benzene rings is 1. The number of hydrogen-bond donors (Lipinski definition) is 10. The van der Waals surface area contributed by atoms with Crippen molar-refractivity contribution >= 4 is 35.3 Å². The zero-order valence-corrected chi connectivity index (χ0v) is 28.2. The number of nitrogens with one attached hydrogen (secondary N) is 4. The highest BCUT2D eigenvalue weighted by Crippen LogP contribution is 2.26. The summed E-state index contributed by atoms with van der Waals surface area (Å²) in [5.74, 6) is -12.3. The Bertz CT molecular complexity index is 1240. The van der Waals surface area contributed by atoms with E-state index in [1.54, 1.807) is 26.8 Å². The van der Waals surface area contributed by atoms with Crippen LogP contribution >= 0.6 is 0 Å². The highest BCUT2D eigenvalue weighted by atomic mass is 16.6. The molecule has 0 saturated heterocycles. The zero-order chi connectivity index (χ0) is 36.3. The van der Waals surface area contributed by atoms with Crippen LogP contribution in [0.2, 0.25) is 0 Å². The summed E-state index contributed by atoms with van der Waals surface area (Å²) in [6.45, 7) is 12.1. The minimum absolute atomic E-state index is 0.00609. The van der Waals surface area contributed by atoms with Crippen LogP contribution in [0, 0.1) is 17.8 Å². The second-order valence-electron chi connectivity index (χ2n) is 12.9. The number of aliphatic carboxylic acids is 1. The van der Waals surface area contributed by atoms with Gasteiger partial charge in [-0.1, -0.05) is 66.2 Å². The Morgan fingerprint density at radius 3 is 1.98 bits per heavy atom. The summed E-state index contributed by atoms with van der Waals surface area (Å²) in [6.07, 6.45) is -0.482. The van der Waals surface area contributed by atoms with Crippen LogP contribution in [0.15, 0.2) is 24.3 Å². The van der Waals surface area contributed by atoms with Gasteiger partial charge in [0.1, 0.15) is 12.1 Å². The predicted octanol–water partition coefficient (Wildman–Crippen LogP) is -0.0560. The summed E-state index contributed by atoms with van der Waals surface area (Å²) in [6, 6.07) is 1.88. The van der Waals surface area contributed by atoms with Gasteiger partial charge in [0.05, 0.1) is 6.04 Å². The van der Waals surface area contributed by atoms with Gasteiger partial charge in [-0.05, 0) is 49.1 Å². The fraction of sp³-hybridized carbons (Fsp3) is 0.656. The molecule has 1 rings (SSSR count). The molecule has 0 fully saturated rings. The molecule has 0 aliphatic rings. The maximum absolute atomic E-state index is 13.4. The number of carbonyl (C=O) groups is 5. The molecule has 0 bridgehead atoms. The third-order valence-corrected chi connectivity index (χ3v) is 7.88. The van der Waals surface area contributed by atoms with Crippen LogP contribution in [0.25, 0.3) is 0 Å². The van der Waals surface area contributed by atoms with Crippen LogP contribution in [0.3, 0.4) is 0 Å². The number of aryl methyl sites for hydroxylation is 1. The summed E-state index contributed by atoms with van der Waals surface area (Å²) >= 11 is 0. The molecule has 0 radical (unpaired) electrons. The van der Waals surface area contributed by atoms with Crippen LogP contribution in [-0.2, 0) is 30.4 Å². The van der Waals surface area contributed by atoms with Crippen LogP contribution in [0.4, 0.5) is 5.69 Å². The lowest BCUT2D eigenvalue weighted by Gasteiger charge is -2.36. The van der Waals surface area contributed by atoms with Gasteiger partial charge in [-0.2, -0.15) is 0 Å². The van der Waals surface area contributed by atoms with Crippen molar-refractivity contribution in [3.63, 3.8) is 0 Å². The van der Waals surface area contributed by atoms with Crippen molar-refractivity contribution in [3.8, 4) is 0 Å². The molecular formula is C32H53N5O10. The summed E-state index contributed by atoms with van der Waals surface area (Å²) in [5.41, 5.74) is 6.35. The molecule has 0 saturated carbocycles. The monoisotopic (exact) mass is 667 g/mol. The van der Waals surface area contributed by atoms with Crippen LogP contribution in [0.1, 0.15) is 79.7 Å². The lowest BCUT2D eigenvalue weighted by Crippen LogP contribution is -2.63. The number of carboxylic acids is 1. The lowest BCUT2D eigenvalue weighted by atomic mass is 9.95. The number of aliphatic hydroxyl groups is 4. The van der Waals surface area contributed by atoms with Gasteiger partial charge in [0, 0.05) is 24.6 Å². The van der Waals surface area contributed by atoms with E-state index in [4.69, 9.17) is 10.8 Å². The quantitative estimate of drug-likeness (QED) is 0.0874. The summed E-state index contributed by atoms with van der Waals surface area (Å²) in [7, 11) is 0. The SMILES string of the molecule is CC[C@H](C)[C@H](NC(=O)[C@@H](N)C(C)C)C(=O)N[C@@H](CC(C)C)C(=O)NC(C)CC(O)(O)C(O)(O)C(=O)Nc1ccccc1CCC(=O)O. The number of carboxylic acid groups (broad SMARTS) is 1. The van der Waals surface area contributed by atoms with Crippen molar-refractivity contribution < 1.29 is 49.5 Å². The third-order valence-electron chi connectivity index (χ3n) is 7.88. The molecule has 11 N–H and O–H groups in total. The van der Waals surface area contributed by atoms with Crippen molar-refractivity contribution in [3.05, 3.63) is 29.8 Å². The first-order chi connectivity index (χ1) is 21.6. The van der Waals surface area contributed by atoms with Gasteiger partial charge < -0.3 is 52.5 Å². The number of anilines is 1. The molecule has 5 atom stereocenters. The molecule has 1 aromatic carbocycles. The van der Waals surface area contributed by atoms with E-state index in [0.29, 0.717) is 12.0 Å². The van der Waals surface area contributed by atoms with Gasteiger partial charge in [-0.25, -0.2) is 0 Å². The summed E-state index contributed by atoms with van der Waals surface area (Å²) in [5, 5.41) is 61.3. The van der Waals surface area contributed by atoms with E-state index in [1.165, 1.54) is 25.1 Å². The highest BCUT2D eigenvalue weighted by molar-refractivity contribution is 5.97. The molecule has 0 aliphatic carbocycles. The van der Waals surface area contributed by atoms with Gasteiger partial charge in [0.15, 0.2) is 0 Å². The fourth-order valence-corrected chi connectivity index (χ4v) is 4.68. The Labute approximate surface area is 275 Å². The van der Waals surface area contributed by atoms with E-state index in [-0.39, 0.29) is 42.7 Å². The van der Waals surface area contributed by atoms with Crippen molar-refractivity contribution in [1.29, 1.82) is 0 Å². The number of rotatable bonds is 19. The second kappa shape index (κ2) is 18.1. The summed E-state index contributed by atoms with van der Waals surface area (Å²) in [4.78, 5) is 63.1. The van der Waals surface area contributed by atoms with Crippen molar-refractivity contribution in [2.45, 2.75) is 116 Å². The van der Waals surface area contributed by atoms with E-state index in [9.17, 15) is 44.4 Å². The molecule has 1 aromatic rings. The molecular weight excluding hydrogens is 614 g/mol. The van der Waals surface area contributed by atoms with Crippen molar-refractivity contribution in [1.82, 2.24) is 16.0 Å². The van der Waals surface area contributed by atoms with Gasteiger partial charge in [-0.15, -0.1) is 0 Å². The Morgan fingerprint density at radius 2 is 1.45 bits per heavy atom. The number of hydrogen-bond acceptors (Lipinski definition) is 10. The molecule has 266 valence electrons. The van der Waals surface area contributed by atoms with Crippen molar-refractivity contribution in [2.24, 2.45) is 23.5 Å². The maximum Gasteiger partial charge on any atom is 0.303 e. The topological polar surface area (TPSA) is 261 Å². The zero-order valence-electron chi connectivity index (χ0n) is 28.2. The molecule has 0 spiro atoms. The molecule has 15 nitrogen and oxygen atoms in total. The van der Waals surface area contributed by atoms with Gasteiger partial charge >= 0.3 is 11.8 Å². The number of nitrogens with two attached hydrogens (primary N) is 1. The van der Waals surface area contributed by atoms with E-state index in [1.807, 2.05) is 20.8 Å². The lowest BCUT2D eigenvalue weighted by molar-refractivity contribution is -0.338. The third kappa shape index (κ3) is 12.5. The average molecular weight is 668 g/mol. The number of amides is 4. The molecule has 47 heavy (non-hydrogen) atoms. The first kappa shape index (κ1) is 41.4. The summed E-state index contributed by atoms with van der Waals surface area (Å²) < 4.78 is 0. The van der Waals surface area contributed by atoms with Gasteiger partial charge in [0.25, 0.3) is 5.91 Å². The first-order valence-electron chi connectivity index (χ1n) is 15.8. The smallest absolute Gasteiger partial charge is 0.303 e. The standard InChI is InChI=1S/C32H53N5O10/c1-8-19(6)26(37-28(41)25(33)18(4)5)29(42)35-23(15-17(2)3)27(40)34-20(7)16-31(44,45)32(46,47)30(43)36-22-12-10-9-11-21(22)13-14-24(38)39/h9-12,17-20,23,25-26,44-47H,8,13-16,33H2,1-7H3,(H,34,40)(H,35,42)(H,36,43)(H,37,41)(H,38,39)/t19-,20?,23-,25-,26-/m0/s1. The largest absolute Gasteiger partial charge is 0.481 e. The number of carbonyl (C=O) groups excluding carboxylic acids is 4. The molecule has 0 aromatic heterocycles. The van der Waals surface area contributed by atoms with E-state index in [0.717, 1.165) is 0 Å². The Hall–Kier alpha value is -3.63. The van der Waals surface area contributed by atoms with Gasteiger partial charge in [-0.3, -0.25) is 24.0 Å². The first-order valence-corrected chi connectivity index (χ1v) is 15.8. The van der Waals surface area contributed by atoms with E-state index < -0.39 is 71.8 Å². The van der Waals surface area contributed by atoms with Crippen LogP contribution in [-0.4, -0.2) is 90.9 Å².